The molecule has 2 N–H and O–H groups in total. The molecule has 5 rings (SSSR count). The Bertz CT molecular complexity index is 791. The summed E-state index contributed by atoms with van der Waals surface area (Å²) in [6.07, 6.45) is 6.82. The molecule has 1 atom stereocenters. The lowest BCUT2D eigenvalue weighted by molar-refractivity contribution is -0.0596. The smallest absolute Gasteiger partial charge is 0.318 e. The van der Waals surface area contributed by atoms with Crippen LogP contribution in [0.1, 0.15) is 37.3 Å². The number of fused-ring (bicyclic) bond motifs is 1. The Morgan fingerprint density at radius 3 is 2.62 bits per heavy atom. The molecule has 1 aliphatic carbocycles. The Hall–Kier alpha value is -2.35. The van der Waals surface area contributed by atoms with Crippen molar-refractivity contribution in [2.45, 2.75) is 44.8 Å². The van der Waals surface area contributed by atoms with E-state index >= 15 is 0 Å². The fraction of sp³-hybridized carbons (Fsp3) is 0.667. The van der Waals surface area contributed by atoms with Gasteiger partial charge in [0.05, 0.1) is 18.8 Å². The molecule has 156 valence electrons. The fourth-order valence-electron chi connectivity index (χ4n) is 4.99. The predicted molar refractivity (Wildman–Crippen MR) is 106 cm³/mol. The molecule has 1 spiro atoms. The monoisotopic (exact) mass is 399 g/mol. The van der Waals surface area contributed by atoms with Crippen LogP contribution in [0.5, 0.6) is 0 Å². The van der Waals surface area contributed by atoms with Crippen LogP contribution in [0.25, 0.3) is 0 Å². The third-order valence-corrected chi connectivity index (χ3v) is 7.17. The standard InChI is InChI=1S/C21H29N5O3/c1-20(13-29-14-20)24-19(28)25-6-3-21(4-7-25)8-17(21)10-23-18(27)26-11-15-2-5-22-9-16(15)12-26/h2,5,9,17H,3-4,6-8,10-14H2,1H3,(H,23,27)(H,24,28). The zero-order valence-corrected chi connectivity index (χ0v) is 16.9. The number of pyridine rings is 1. The Morgan fingerprint density at radius 2 is 1.93 bits per heavy atom. The number of amides is 4. The van der Waals surface area contributed by atoms with E-state index in [0.717, 1.165) is 44.5 Å². The molecule has 3 fully saturated rings. The van der Waals surface area contributed by atoms with E-state index in [2.05, 4.69) is 15.6 Å². The third kappa shape index (κ3) is 3.54. The fourth-order valence-corrected chi connectivity index (χ4v) is 4.99. The van der Waals surface area contributed by atoms with Crippen LogP contribution in [-0.4, -0.2) is 65.2 Å². The number of aromatic nitrogens is 1. The summed E-state index contributed by atoms with van der Waals surface area (Å²) in [7, 11) is 0. The van der Waals surface area contributed by atoms with Crippen molar-refractivity contribution in [3.63, 3.8) is 0 Å². The van der Waals surface area contributed by atoms with Crippen LogP contribution >= 0.6 is 0 Å². The zero-order valence-electron chi connectivity index (χ0n) is 16.9. The highest BCUT2D eigenvalue weighted by atomic mass is 16.5. The topological polar surface area (TPSA) is 86.8 Å². The van der Waals surface area contributed by atoms with E-state index in [-0.39, 0.29) is 17.6 Å². The summed E-state index contributed by atoms with van der Waals surface area (Å²) in [4.78, 5) is 32.9. The molecule has 8 nitrogen and oxygen atoms in total. The minimum atomic E-state index is -0.204. The molecule has 4 amide bonds. The Morgan fingerprint density at radius 1 is 1.17 bits per heavy atom. The van der Waals surface area contributed by atoms with Gasteiger partial charge in [0.25, 0.3) is 0 Å². The first kappa shape index (κ1) is 18.7. The van der Waals surface area contributed by atoms with Crippen molar-refractivity contribution in [3.8, 4) is 0 Å². The van der Waals surface area contributed by atoms with Crippen LogP contribution in [0.2, 0.25) is 0 Å². The van der Waals surface area contributed by atoms with Crippen LogP contribution in [0, 0.1) is 11.3 Å². The number of piperidine rings is 1. The second-order valence-corrected chi connectivity index (χ2v) is 9.42. The van der Waals surface area contributed by atoms with Gasteiger partial charge in [0.15, 0.2) is 0 Å². The first-order chi connectivity index (χ1) is 14.0. The lowest BCUT2D eigenvalue weighted by Gasteiger charge is -2.41. The number of hydrogen-bond acceptors (Lipinski definition) is 4. The van der Waals surface area contributed by atoms with Crippen molar-refractivity contribution < 1.29 is 14.3 Å². The SMILES string of the molecule is CC1(NC(=O)N2CCC3(CC2)CC3CNC(=O)N2Cc3ccncc3C2)COC1. The first-order valence-corrected chi connectivity index (χ1v) is 10.6. The van der Waals surface area contributed by atoms with E-state index in [1.54, 1.807) is 6.20 Å². The lowest BCUT2D eigenvalue weighted by atomic mass is 9.91. The second-order valence-electron chi connectivity index (χ2n) is 9.42. The molecule has 0 aromatic carbocycles. The minimum Gasteiger partial charge on any atom is -0.376 e. The molecule has 1 saturated carbocycles. The minimum absolute atomic E-state index is 0.0102. The van der Waals surface area contributed by atoms with Crippen LogP contribution in [-0.2, 0) is 17.8 Å². The first-order valence-electron chi connectivity index (χ1n) is 10.6. The summed E-state index contributed by atoms with van der Waals surface area (Å²) in [6, 6.07) is 2.02. The van der Waals surface area contributed by atoms with Crippen molar-refractivity contribution in [3.05, 3.63) is 29.6 Å². The maximum Gasteiger partial charge on any atom is 0.318 e. The molecule has 0 radical (unpaired) electrons. The van der Waals surface area contributed by atoms with Gasteiger partial charge >= 0.3 is 12.1 Å². The maximum atomic E-state index is 12.5. The van der Waals surface area contributed by atoms with Crippen LogP contribution < -0.4 is 10.6 Å². The van der Waals surface area contributed by atoms with Crippen molar-refractivity contribution in [1.82, 2.24) is 25.4 Å². The number of carbonyl (C=O) groups excluding carboxylic acids is 2. The number of carbonyl (C=O) groups is 2. The summed E-state index contributed by atoms with van der Waals surface area (Å²) in [6.45, 7) is 6.82. The average Bonchev–Trinajstić information content (AvgIpc) is 3.17. The van der Waals surface area contributed by atoms with Gasteiger partial charge in [-0.15, -0.1) is 0 Å². The number of ether oxygens (including phenoxy) is 1. The largest absolute Gasteiger partial charge is 0.376 e. The molecule has 1 aromatic rings. The molecular formula is C21H29N5O3. The quantitative estimate of drug-likeness (QED) is 0.810. The predicted octanol–water partition coefficient (Wildman–Crippen LogP) is 1.71. The van der Waals surface area contributed by atoms with Crippen LogP contribution in [0.15, 0.2) is 18.5 Å². The van der Waals surface area contributed by atoms with E-state index in [0.29, 0.717) is 37.6 Å². The molecule has 8 heteroatoms. The number of nitrogens with zero attached hydrogens (tertiary/aromatic N) is 3. The van der Waals surface area contributed by atoms with Crippen molar-refractivity contribution in [2.24, 2.45) is 11.3 Å². The summed E-state index contributed by atoms with van der Waals surface area (Å²) < 4.78 is 5.21. The summed E-state index contributed by atoms with van der Waals surface area (Å²) in [5.74, 6) is 0.529. The number of hydrogen-bond donors (Lipinski definition) is 2. The van der Waals surface area contributed by atoms with Crippen molar-refractivity contribution in [1.29, 1.82) is 0 Å². The summed E-state index contributed by atoms with van der Waals surface area (Å²) in [5.41, 5.74) is 2.43. The van der Waals surface area contributed by atoms with Gasteiger partial charge in [0.1, 0.15) is 0 Å². The molecule has 1 unspecified atom stereocenters. The Labute approximate surface area is 171 Å². The number of rotatable bonds is 3. The second kappa shape index (κ2) is 6.86. The molecule has 1 aromatic heterocycles. The van der Waals surface area contributed by atoms with E-state index in [1.807, 2.05) is 29.0 Å². The van der Waals surface area contributed by atoms with E-state index in [1.165, 1.54) is 5.56 Å². The van der Waals surface area contributed by atoms with Crippen molar-refractivity contribution >= 4 is 12.1 Å². The van der Waals surface area contributed by atoms with Gasteiger partial charge in [0, 0.05) is 45.1 Å². The molecule has 4 aliphatic rings. The third-order valence-electron chi connectivity index (χ3n) is 7.17. The molecule has 0 bridgehead atoms. The Kier molecular flexibility index (Phi) is 4.42. The van der Waals surface area contributed by atoms with Gasteiger partial charge in [-0.1, -0.05) is 0 Å². The lowest BCUT2D eigenvalue weighted by Crippen LogP contribution is -2.62. The van der Waals surface area contributed by atoms with Gasteiger partial charge in [-0.05, 0) is 54.7 Å². The molecule has 3 aliphatic heterocycles. The number of likely N-dealkylation sites (tertiary alicyclic amines) is 1. The van der Waals surface area contributed by atoms with E-state index in [9.17, 15) is 9.59 Å². The van der Waals surface area contributed by atoms with Gasteiger partial charge in [-0.3, -0.25) is 4.98 Å². The van der Waals surface area contributed by atoms with Crippen LogP contribution in [0.4, 0.5) is 9.59 Å². The molecule has 29 heavy (non-hydrogen) atoms. The van der Waals surface area contributed by atoms with E-state index < -0.39 is 0 Å². The normalized spacial score (nSPS) is 25.9. The highest BCUT2D eigenvalue weighted by Crippen LogP contribution is 2.59. The van der Waals surface area contributed by atoms with Crippen molar-refractivity contribution in [2.75, 3.05) is 32.8 Å². The molecular weight excluding hydrogens is 370 g/mol. The van der Waals surface area contributed by atoms with Crippen LogP contribution in [0.3, 0.4) is 0 Å². The summed E-state index contributed by atoms with van der Waals surface area (Å²) in [5, 5.41) is 6.23. The van der Waals surface area contributed by atoms with Gasteiger partial charge in [-0.2, -0.15) is 0 Å². The van der Waals surface area contributed by atoms with Gasteiger partial charge in [-0.25, -0.2) is 9.59 Å². The molecule has 4 heterocycles. The average molecular weight is 399 g/mol. The maximum absolute atomic E-state index is 12.5. The zero-order chi connectivity index (χ0) is 20.1. The van der Waals surface area contributed by atoms with Gasteiger partial charge < -0.3 is 25.2 Å². The van der Waals surface area contributed by atoms with E-state index in [4.69, 9.17) is 4.74 Å². The number of nitrogens with one attached hydrogen (secondary N) is 2. The Balaban J connectivity index is 1.06. The van der Waals surface area contributed by atoms with Gasteiger partial charge in [0.2, 0.25) is 0 Å². The molecule has 2 saturated heterocycles. The summed E-state index contributed by atoms with van der Waals surface area (Å²) >= 11 is 0. The highest BCUT2D eigenvalue weighted by molar-refractivity contribution is 5.76. The highest BCUT2D eigenvalue weighted by Gasteiger charge is 2.55. The number of urea groups is 2.